The van der Waals surface area contributed by atoms with E-state index in [0.29, 0.717) is 11.8 Å². The highest BCUT2D eigenvalue weighted by atomic mass is 16.5. The van der Waals surface area contributed by atoms with E-state index in [1.807, 2.05) is 13.8 Å². The van der Waals surface area contributed by atoms with Crippen LogP contribution >= 0.6 is 0 Å². The maximum Gasteiger partial charge on any atom is 0.322 e. The van der Waals surface area contributed by atoms with Crippen molar-refractivity contribution in [2.24, 2.45) is 0 Å². The lowest BCUT2D eigenvalue weighted by atomic mass is 10.5. The minimum atomic E-state index is 0.0549. The normalized spacial score (nSPS) is 10.1. The summed E-state index contributed by atoms with van der Waals surface area (Å²) in [6, 6.07) is 1.85. The van der Waals surface area contributed by atoms with E-state index in [2.05, 4.69) is 9.97 Å². The van der Waals surface area contributed by atoms with Crippen molar-refractivity contribution in [3.05, 3.63) is 6.07 Å². The lowest BCUT2D eigenvalue weighted by molar-refractivity contribution is 0.225. The molecular weight excluding hydrogens is 184 g/mol. The fraction of sp³-hybridized carbons (Fsp3) is 0.556. The lowest BCUT2D eigenvalue weighted by Gasteiger charge is -2.10. The van der Waals surface area contributed by atoms with E-state index < -0.39 is 0 Å². The number of nitrogens with zero attached hydrogens (tertiary/aromatic N) is 2. The number of rotatable bonds is 4. The molecule has 14 heavy (non-hydrogen) atoms. The first-order valence-corrected chi connectivity index (χ1v) is 4.29. The van der Waals surface area contributed by atoms with Crippen molar-refractivity contribution >= 4 is 0 Å². The van der Waals surface area contributed by atoms with Crippen LogP contribution in [-0.2, 0) is 0 Å². The molecule has 0 aliphatic carbocycles. The molecule has 0 N–H and O–H groups in total. The first-order chi connectivity index (χ1) is 6.65. The smallest absolute Gasteiger partial charge is 0.322 e. The summed E-state index contributed by atoms with van der Waals surface area (Å²) in [6.07, 6.45) is 0.0549. The Balaban J connectivity index is 2.92. The van der Waals surface area contributed by atoms with Crippen molar-refractivity contribution in [1.82, 2.24) is 9.97 Å². The predicted molar refractivity (Wildman–Crippen MR) is 50.9 cm³/mol. The Kier molecular flexibility index (Phi) is 3.50. The predicted octanol–water partition coefficient (Wildman–Crippen LogP) is 1.28. The molecule has 0 atom stereocenters. The summed E-state index contributed by atoms with van der Waals surface area (Å²) in [5.74, 6) is 0.871. The Morgan fingerprint density at radius 2 is 1.71 bits per heavy atom. The molecule has 1 heterocycles. The average molecular weight is 198 g/mol. The second-order valence-corrected chi connectivity index (χ2v) is 2.90. The van der Waals surface area contributed by atoms with Gasteiger partial charge in [-0.1, -0.05) is 0 Å². The molecular formula is C9H14N2O3. The highest BCUT2D eigenvalue weighted by Crippen LogP contribution is 2.19. The van der Waals surface area contributed by atoms with Gasteiger partial charge in [0.1, 0.15) is 0 Å². The van der Waals surface area contributed by atoms with Gasteiger partial charge in [0.25, 0.3) is 0 Å². The summed E-state index contributed by atoms with van der Waals surface area (Å²) in [7, 11) is 3.02. The Morgan fingerprint density at radius 3 is 2.21 bits per heavy atom. The molecule has 0 radical (unpaired) electrons. The Labute approximate surface area is 83.0 Å². The van der Waals surface area contributed by atoms with Crippen molar-refractivity contribution in [2.45, 2.75) is 20.0 Å². The van der Waals surface area contributed by atoms with E-state index >= 15 is 0 Å². The van der Waals surface area contributed by atoms with E-state index in [9.17, 15) is 0 Å². The fourth-order valence-electron chi connectivity index (χ4n) is 0.881. The van der Waals surface area contributed by atoms with Gasteiger partial charge < -0.3 is 14.2 Å². The summed E-state index contributed by atoms with van der Waals surface area (Å²) in [5, 5.41) is 0. The summed E-state index contributed by atoms with van der Waals surface area (Å²) in [5.41, 5.74) is 0. The molecule has 78 valence electrons. The molecule has 0 bridgehead atoms. The van der Waals surface area contributed by atoms with Crippen LogP contribution in [0.2, 0.25) is 0 Å². The van der Waals surface area contributed by atoms with Crippen LogP contribution in [0.15, 0.2) is 6.07 Å². The Bertz CT molecular complexity index is 280. The quantitative estimate of drug-likeness (QED) is 0.729. The summed E-state index contributed by atoms with van der Waals surface area (Å²) < 4.78 is 15.3. The van der Waals surface area contributed by atoms with Gasteiger partial charge in [-0.05, 0) is 13.8 Å². The Hall–Kier alpha value is -1.52. The third-order valence-electron chi connectivity index (χ3n) is 1.41. The molecule has 0 saturated carbocycles. The first-order valence-electron chi connectivity index (χ1n) is 4.29. The molecule has 1 rings (SSSR count). The van der Waals surface area contributed by atoms with Crippen LogP contribution < -0.4 is 14.2 Å². The second-order valence-electron chi connectivity index (χ2n) is 2.90. The molecule has 1 aromatic heterocycles. The third-order valence-corrected chi connectivity index (χ3v) is 1.41. The van der Waals surface area contributed by atoms with Crippen LogP contribution in [0.5, 0.6) is 17.8 Å². The number of methoxy groups -OCH3 is 2. The topological polar surface area (TPSA) is 53.5 Å². The number of hydrogen-bond donors (Lipinski definition) is 0. The lowest BCUT2D eigenvalue weighted by Crippen LogP contribution is -2.08. The van der Waals surface area contributed by atoms with Gasteiger partial charge in [-0.2, -0.15) is 9.97 Å². The van der Waals surface area contributed by atoms with Gasteiger partial charge in [-0.25, -0.2) is 0 Å². The van der Waals surface area contributed by atoms with E-state index in [4.69, 9.17) is 14.2 Å². The number of aromatic nitrogens is 2. The SMILES string of the molecule is COc1cc(OC(C)C)nc(OC)n1. The molecule has 0 aliphatic rings. The van der Waals surface area contributed by atoms with Gasteiger partial charge >= 0.3 is 6.01 Å². The zero-order chi connectivity index (χ0) is 10.6. The fourth-order valence-corrected chi connectivity index (χ4v) is 0.881. The van der Waals surface area contributed by atoms with Gasteiger partial charge in [0, 0.05) is 0 Å². The van der Waals surface area contributed by atoms with Crippen LogP contribution in [0.4, 0.5) is 0 Å². The minimum absolute atomic E-state index is 0.0549. The standard InChI is InChI=1S/C9H14N2O3/c1-6(2)14-8-5-7(12-3)10-9(11-8)13-4/h5-6H,1-4H3. The Morgan fingerprint density at radius 1 is 1.07 bits per heavy atom. The summed E-state index contributed by atoms with van der Waals surface area (Å²) >= 11 is 0. The van der Waals surface area contributed by atoms with E-state index in [1.54, 1.807) is 6.07 Å². The van der Waals surface area contributed by atoms with Gasteiger partial charge in [0.2, 0.25) is 11.8 Å². The molecule has 5 heteroatoms. The largest absolute Gasteiger partial charge is 0.481 e. The summed E-state index contributed by atoms with van der Waals surface area (Å²) in [4.78, 5) is 7.95. The van der Waals surface area contributed by atoms with E-state index in [-0.39, 0.29) is 12.1 Å². The maximum atomic E-state index is 5.39. The second kappa shape index (κ2) is 4.64. The molecule has 0 unspecified atom stereocenters. The van der Waals surface area contributed by atoms with E-state index in [0.717, 1.165) is 0 Å². The monoisotopic (exact) mass is 198 g/mol. The van der Waals surface area contributed by atoms with Gasteiger partial charge in [0.15, 0.2) is 0 Å². The zero-order valence-electron chi connectivity index (χ0n) is 8.77. The number of ether oxygens (including phenoxy) is 3. The van der Waals surface area contributed by atoms with Gasteiger partial charge in [-0.15, -0.1) is 0 Å². The molecule has 0 saturated heterocycles. The molecule has 0 aromatic carbocycles. The van der Waals surface area contributed by atoms with Crippen molar-refractivity contribution in [3.63, 3.8) is 0 Å². The molecule has 0 spiro atoms. The van der Waals surface area contributed by atoms with Crippen LogP contribution in [0.3, 0.4) is 0 Å². The molecule has 0 amide bonds. The van der Waals surface area contributed by atoms with Crippen LogP contribution in [0.1, 0.15) is 13.8 Å². The molecule has 5 nitrogen and oxygen atoms in total. The third kappa shape index (κ3) is 2.76. The minimum Gasteiger partial charge on any atom is -0.481 e. The first kappa shape index (κ1) is 10.6. The van der Waals surface area contributed by atoms with Crippen molar-refractivity contribution in [2.75, 3.05) is 14.2 Å². The average Bonchev–Trinajstić information content (AvgIpc) is 2.16. The summed E-state index contributed by atoms with van der Waals surface area (Å²) in [6.45, 7) is 3.84. The van der Waals surface area contributed by atoms with Crippen LogP contribution in [0.25, 0.3) is 0 Å². The zero-order valence-corrected chi connectivity index (χ0v) is 8.77. The van der Waals surface area contributed by atoms with Crippen molar-refractivity contribution in [1.29, 1.82) is 0 Å². The molecule has 0 aliphatic heterocycles. The van der Waals surface area contributed by atoms with Crippen molar-refractivity contribution < 1.29 is 14.2 Å². The molecule has 1 aromatic rings. The van der Waals surface area contributed by atoms with Crippen molar-refractivity contribution in [3.8, 4) is 17.8 Å². The van der Waals surface area contributed by atoms with Gasteiger partial charge in [-0.3, -0.25) is 0 Å². The van der Waals surface area contributed by atoms with E-state index in [1.165, 1.54) is 14.2 Å². The van der Waals surface area contributed by atoms with Crippen LogP contribution in [-0.4, -0.2) is 30.3 Å². The highest BCUT2D eigenvalue weighted by molar-refractivity contribution is 5.22. The highest BCUT2D eigenvalue weighted by Gasteiger charge is 2.06. The van der Waals surface area contributed by atoms with Crippen LogP contribution in [0, 0.1) is 0 Å². The maximum absolute atomic E-state index is 5.39. The van der Waals surface area contributed by atoms with Gasteiger partial charge in [0.05, 0.1) is 26.4 Å². The number of hydrogen-bond acceptors (Lipinski definition) is 5. The molecule has 0 fully saturated rings.